The van der Waals surface area contributed by atoms with E-state index in [9.17, 15) is 0 Å². The third-order valence-corrected chi connectivity index (χ3v) is 4.65. The normalized spacial score (nSPS) is 15.4. The summed E-state index contributed by atoms with van der Waals surface area (Å²) in [6.45, 7) is 4.07. The van der Waals surface area contributed by atoms with E-state index in [1.54, 1.807) is 6.20 Å². The standard InChI is InChI=1S/C19H23N7/c20-17(19-16-3-1-2-4-18(16)23-24-19)13-26(21)15-7-5-14(6-8-15)25-11-9-22-10-12-25/h1-8,13,22H,9-12,20-21H2,(H,23,24)/b17-13-. The zero-order valence-corrected chi connectivity index (χ0v) is 14.5. The number of rotatable bonds is 4. The Balaban J connectivity index is 1.53. The molecule has 0 aliphatic carbocycles. The summed E-state index contributed by atoms with van der Waals surface area (Å²) in [5.74, 6) is 6.19. The molecule has 0 amide bonds. The number of anilines is 2. The lowest BCUT2D eigenvalue weighted by molar-refractivity contribution is 0.589. The van der Waals surface area contributed by atoms with E-state index < -0.39 is 0 Å². The van der Waals surface area contributed by atoms with Gasteiger partial charge in [0.2, 0.25) is 0 Å². The van der Waals surface area contributed by atoms with Gasteiger partial charge in [-0.25, -0.2) is 5.84 Å². The lowest BCUT2D eigenvalue weighted by Gasteiger charge is -2.29. The molecule has 7 nitrogen and oxygen atoms in total. The van der Waals surface area contributed by atoms with Gasteiger partial charge in [-0.15, -0.1) is 0 Å². The maximum Gasteiger partial charge on any atom is 0.117 e. The Morgan fingerprint density at radius 2 is 1.81 bits per heavy atom. The first-order valence-corrected chi connectivity index (χ1v) is 8.73. The molecule has 1 saturated heterocycles. The van der Waals surface area contributed by atoms with Crippen LogP contribution in [0, 0.1) is 0 Å². The number of nitrogens with zero attached hydrogens (tertiary/aromatic N) is 3. The van der Waals surface area contributed by atoms with Crippen molar-refractivity contribution in [1.82, 2.24) is 15.5 Å². The SMILES string of the molecule is N/C(=C\N(N)c1ccc(N2CCNCC2)cc1)c1n[nH]c2ccccc12. The first kappa shape index (κ1) is 16.4. The van der Waals surface area contributed by atoms with Gasteiger partial charge in [0.05, 0.1) is 16.9 Å². The Morgan fingerprint density at radius 1 is 1.08 bits per heavy atom. The van der Waals surface area contributed by atoms with E-state index in [-0.39, 0.29) is 0 Å². The van der Waals surface area contributed by atoms with Crippen LogP contribution in [-0.2, 0) is 0 Å². The predicted octanol–water partition coefficient (Wildman–Crippen LogP) is 1.61. The number of benzene rings is 2. The van der Waals surface area contributed by atoms with Gasteiger partial charge < -0.3 is 16.0 Å². The lowest BCUT2D eigenvalue weighted by Crippen LogP contribution is -2.43. The number of H-pyrrole nitrogens is 1. The van der Waals surface area contributed by atoms with Crippen LogP contribution in [0.5, 0.6) is 0 Å². The molecular weight excluding hydrogens is 326 g/mol. The van der Waals surface area contributed by atoms with Crippen molar-refractivity contribution in [2.45, 2.75) is 0 Å². The van der Waals surface area contributed by atoms with Crippen LogP contribution in [-0.4, -0.2) is 36.4 Å². The maximum atomic E-state index is 6.23. The summed E-state index contributed by atoms with van der Waals surface area (Å²) < 4.78 is 0. The van der Waals surface area contributed by atoms with Crippen LogP contribution >= 0.6 is 0 Å². The lowest BCUT2D eigenvalue weighted by atomic mass is 10.2. The van der Waals surface area contributed by atoms with E-state index in [2.05, 4.69) is 32.5 Å². The number of nitrogens with two attached hydrogens (primary N) is 2. The van der Waals surface area contributed by atoms with Crippen molar-refractivity contribution in [3.8, 4) is 0 Å². The highest BCUT2D eigenvalue weighted by Crippen LogP contribution is 2.23. The summed E-state index contributed by atoms with van der Waals surface area (Å²) in [4.78, 5) is 2.36. The molecule has 1 aromatic heterocycles. The fourth-order valence-corrected chi connectivity index (χ4v) is 3.23. The Morgan fingerprint density at radius 3 is 2.58 bits per heavy atom. The molecule has 0 spiro atoms. The third-order valence-electron chi connectivity index (χ3n) is 4.65. The maximum absolute atomic E-state index is 6.23. The van der Waals surface area contributed by atoms with Crippen molar-refractivity contribution in [3.63, 3.8) is 0 Å². The minimum Gasteiger partial charge on any atom is -0.396 e. The molecule has 4 rings (SSSR count). The second-order valence-corrected chi connectivity index (χ2v) is 6.36. The van der Waals surface area contributed by atoms with Crippen LogP contribution < -0.4 is 26.8 Å². The number of hydrogen-bond acceptors (Lipinski definition) is 6. The number of fused-ring (bicyclic) bond motifs is 1. The Bertz CT molecular complexity index is 907. The number of piperazine rings is 1. The highest BCUT2D eigenvalue weighted by Gasteiger charge is 2.12. The molecule has 1 fully saturated rings. The second-order valence-electron chi connectivity index (χ2n) is 6.36. The summed E-state index contributed by atoms with van der Waals surface area (Å²) in [5.41, 5.74) is 10.5. The van der Waals surface area contributed by atoms with Gasteiger partial charge >= 0.3 is 0 Å². The van der Waals surface area contributed by atoms with Gasteiger partial charge in [-0.2, -0.15) is 5.10 Å². The van der Waals surface area contributed by atoms with Crippen LogP contribution in [0.15, 0.2) is 54.7 Å². The number of hydrogen-bond donors (Lipinski definition) is 4. The molecule has 0 radical (unpaired) electrons. The second kappa shape index (κ2) is 7.07. The zero-order chi connectivity index (χ0) is 17.9. The minimum absolute atomic E-state index is 0.510. The fourth-order valence-electron chi connectivity index (χ4n) is 3.23. The summed E-state index contributed by atoms with van der Waals surface area (Å²) in [5, 5.41) is 13.2. The highest BCUT2D eigenvalue weighted by atomic mass is 15.4. The smallest absolute Gasteiger partial charge is 0.117 e. The Kier molecular flexibility index (Phi) is 4.47. The van der Waals surface area contributed by atoms with E-state index in [1.807, 2.05) is 36.4 Å². The van der Waals surface area contributed by atoms with Crippen molar-refractivity contribution in [1.29, 1.82) is 0 Å². The van der Waals surface area contributed by atoms with E-state index in [0.717, 1.165) is 42.8 Å². The number of para-hydroxylation sites is 1. The minimum atomic E-state index is 0.510. The molecule has 0 saturated carbocycles. The summed E-state index contributed by atoms with van der Waals surface area (Å²) in [6.07, 6.45) is 1.70. The molecule has 7 heteroatoms. The van der Waals surface area contributed by atoms with Gasteiger partial charge in [-0.1, -0.05) is 18.2 Å². The van der Waals surface area contributed by atoms with Crippen LogP contribution in [0.4, 0.5) is 11.4 Å². The van der Waals surface area contributed by atoms with Crippen LogP contribution in [0.3, 0.4) is 0 Å². The van der Waals surface area contributed by atoms with Crippen molar-refractivity contribution in [2.75, 3.05) is 36.1 Å². The van der Waals surface area contributed by atoms with Crippen molar-refractivity contribution in [3.05, 3.63) is 60.4 Å². The predicted molar refractivity (Wildman–Crippen MR) is 106 cm³/mol. The third kappa shape index (κ3) is 3.22. The monoisotopic (exact) mass is 349 g/mol. The van der Waals surface area contributed by atoms with Crippen molar-refractivity contribution < 1.29 is 0 Å². The van der Waals surface area contributed by atoms with E-state index in [0.29, 0.717) is 11.4 Å². The topological polar surface area (TPSA) is 99.2 Å². The quantitative estimate of drug-likeness (QED) is 0.422. The van der Waals surface area contributed by atoms with Crippen LogP contribution in [0.2, 0.25) is 0 Å². The number of nitrogens with one attached hydrogen (secondary N) is 2. The molecule has 0 unspecified atom stereocenters. The molecule has 26 heavy (non-hydrogen) atoms. The fraction of sp³-hybridized carbons (Fsp3) is 0.211. The molecule has 2 heterocycles. The van der Waals surface area contributed by atoms with E-state index in [4.69, 9.17) is 11.6 Å². The molecule has 0 bridgehead atoms. The van der Waals surface area contributed by atoms with Gasteiger partial charge in [0.25, 0.3) is 0 Å². The average Bonchev–Trinajstić information content (AvgIpc) is 3.13. The summed E-state index contributed by atoms with van der Waals surface area (Å²) in [7, 11) is 0. The largest absolute Gasteiger partial charge is 0.396 e. The van der Waals surface area contributed by atoms with Gasteiger partial charge in [0.1, 0.15) is 5.69 Å². The van der Waals surface area contributed by atoms with Crippen molar-refractivity contribution in [2.24, 2.45) is 11.6 Å². The average molecular weight is 349 g/mol. The van der Waals surface area contributed by atoms with Gasteiger partial charge in [0.15, 0.2) is 0 Å². The molecule has 0 atom stereocenters. The van der Waals surface area contributed by atoms with E-state index in [1.165, 1.54) is 10.7 Å². The Hall–Kier alpha value is -3.03. The molecule has 134 valence electrons. The number of aromatic amines is 1. The number of aromatic nitrogens is 2. The molecule has 1 aliphatic heterocycles. The summed E-state index contributed by atoms with van der Waals surface area (Å²) in [6, 6.07) is 16.1. The summed E-state index contributed by atoms with van der Waals surface area (Å²) >= 11 is 0. The van der Waals surface area contributed by atoms with Gasteiger partial charge in [-0.05, 0) is 30.3 Å². The first-order chi connectivity index (χ1) is 12.7. The molecule has 3 aromatic rings. The van der Waals surface area contributed by atoms with Crippen LogP contribution in [0.1, 0.15) is 5.69 Å². The van der Waals surface area contributed by atoms with Gasteiger partial charge in [0, 0.05) is 43.5 Å². The first-order valence-electron chi connectivity index (χ1n) is 8.73. The molecule has 6 N–H and O–H groups in total. The Labute approximate surface area is 152 Å². The molecule has 2 aromatic carbocycles. The highest BCUT2D eigenvalue weighted by molar-refractivity contribution is 5.89. The molecular formula is C19H23N7. The van der Waals surface area contributed by atoms with E-state index >= 15 is 0 Å². The number of hydrazine groups is 1. The van der Waals surface area contributed by atoms with Crippen LogP contribution in [0.25, 0.3) is 16.6 Å². The zero-order valence-electron chi connectivity index (χ0n) is 14.5. The van der Waals surface area contributed by atoms with Gasteiger partial charge in [-0.3, -0.25) is 10.1 Å². The molecule has 1 aliphatic rings. The van der Waals surface area contributed by atoms with Crippen molar-refractivity contribution >= 4 is 28.0 Å².